The summed E-state index contributed by atoms with van der Waals surface area (Å²) in [6, 6.07) is 6.70. The van der Waals surface area contributed by atoms with E-state index < -0.39 is 11.0 Å². The van der Waals surface area contributed by atoms with E-state index in [-0.39, 0.29) is 17.8 Å². The van der Waals surface area contributed by atoms with Crippen molar-refractivity contribution in [2.75, 3.05) is 0 Å². The summed E-state index contributed by atoms with van der Waals surface area (Å²) in [5, 5.41) is 0. The lowest BCUT2D eigenvalue weighted by atomic mass is 9.74. The highest BCUT2D eigenvalue weighted by Gasteiger charge is 2.46. The number of nitrogens with two attached hydrogens (primary N) is 1. The molecule has 0 unspecified atom stereocenters. The first-order valence-corrected chi connectivity index (χ1v) is 7.47. The molecule has 1 aliphatic carbocycles. The second kappa shape index (κ2) is 5.41. The summed E-state index contributed by atoms with van der Waals surface area (Å²) in [6.45, 7) is 7.96. The maximum atomic E-state index is 13.3. The molecular formula is C17H25FN2O. The standard InChI is InChI=1S/C17H25FN2O/c1-16(2,17(3,4)19)15(21)20(14-8-9-14)11-12-6-5-7-13(18)10-12/h5-7,10,14H,8-9,11,19H2,1-4H3. The molecule has 1 aromatic carbocycles. The Bertz CT molecular complexity index is 530. The molecule has 2 rings (SSSR count). The van der Waals surface area contributed by atoms with Gasteiger partial charge in [-0.1, -0.05) is 12.1 Å². The van der Waals surface area contributed by atoms with Gasteiger partial charge in [-0.2, -0.15) is 0 Å². The first kappa shape index (κ1) is 16.0. The van der Waals surface area contributed by atoms with Crippen molar-refractivity contribution in [3.8, 4) is 0 Å². The van der Waals surface area contributed by atoms with Crippen LogP contribution in [0, 0.1) is 11.2 Å². The fourth-order valence-electron chi connectivity index (χ4n) is 2.22. The molecule has 0 radical (unpaired) electrons. The van der Waals surface area contributed by atoms with Gasteiger partial charge in [-0.15, -0.1) is 0 Å². The molecule has 0 aromatic heterocycles. The quantitative estimate of drug-likeness (QED) is 0.906. The van der Waals surface area contributed by atoms with Crippen LogP contribution in [0.2, 0.25) is 0 Å². The SMILES string of the molecule is CC(C)(N)C(C)(C)C(=O)N(Cc1cccc(F)c1)C1CC1. The van der Waals surface area contributed by atoms with Crippen LogP contribution >= 0.6 is 0 Å². The molecule has 1 saturated carbocycles. The summed E-state index contributed by atoms with van der Waals surface area (Å²) in [6.07, 6.45) is 2.03. The highest BCUT2D eigenvalue weighted by atomic mass is 19.1. The van der Waals surface area contributed by atoms with E-state index in [1.54, 1.807) is 6.07 Å². The van der Waals surface area contributed by atoms with E-state index in [4.69, 9.17) is 5.73 Å². The average molecular weight is 292 g/mol. The Hall–Kier alpha value is -1.42. The summed E-state index contributed by atoms with van der Waals surface area (Å²) in [7, 11) is 0. The largest absolute Gasteiger partial charge is 0.335 e. The molecule has 1 aromatic rings. The highest BCUT2D eigenvalue weighted by Crippen LogP contribution is 2.36. The summed E-state index contributed by atoms with van der Waals surface area (Å²) >= 11 is 0. The van der Waals surface area contributed by atoms with E-state index in [9.17, 15) is 9.18 Å². The van der Waals surface area contributed by atoms with Gasteiger partial charge in [-0.25, -0.2) is 4.39 Å². The number of hydrogen-bond acceptors (Lipinski definition) is 2. The van der Waals surface area contributed by atoms with Gasteiger partial charge in [0, 0.05) is 18.1 Å². The van der Waals surface area contributed by atoms with E-state index in [0.717, 1.165) is 18.4 Å². The molecule has 3 nitrogen and oxygen atoms in total. The molecule has 4 heteroatoms. The second-order valence-corrected chi connectivity index (χ2v) is 7.14. The van der Waals surface area contributed by atoms with Crippen LogP contribution in [0.15, 0.2) is 24.3 Å². The van der Waals surface area contributed by atoms with Gasteiger partial charge in [0.05, 0.1) is 5.41 Å². The van der Waals surface area contributed by atoms with Gasteiger partial charge in [0.2, 0.25) is 5.91 Å². The molecule has 0 bridgehead atoms. The monoisotopic (exact) mass is 292 g/mol. The summed E-state index contributed by atoms with van der Waals surface area (Å²) in [5.41, 5.74) is 5.73. The molecule has 116 valence electrons. The van der Waals surface area contributed by atoms with Crippen LogP contribution in [0.25, 0.3) is 0 Å². The number of rotatable bonds is 5. The van der Waals surface area contributed by atoms with Crippen LogP contribution in [0.5, 0.6) is 0 Å². The van der Waals surface area contributed by atoms with Crippen molar-refractivity contribution in [1.82, 2.24) is 4.90 Å². The fourth-order valence-corrected chi connectivity index (χ4v) is 2.22. The predicted molar refractivity (Wildman–Crippen MR) is 82.0 cm³/mol. The van der Waals surface area contributed by atoms with E-state index in [0.29, 0.717) is 6.54 Å². The Labute approximate surface area is 126 Å². The Balaban J connectivity index is 2.22. The zero-order chi connectivity index (χ0) is 15.8. The van der Waals surface area contributed by atoms with E-state index in [1.165, 1.54) is 12.1 Å². The zero-order valence-electron chi connectivity index (χ0n) is 13.3. The van der Waals surface area contributed by atoms with Gasteiger partial charge < -0.3 is 10.6 Å². The minimum Gasteiger partial charge on any atom is -0.335 e. The minimum atomic E-state index is -0.664. The third-order valence-corrected chi connectivity index (χ3v) is 4.64. The molecule has 2 N–H and O–H groups in total. The molecule has 0 saturated heterocycles. The molecule has 0 aliphatic heterocycles. The Morgan fingerprint density at radius 2 is 1.95 bits per heavy atom. The molecule has 1 aliphatic rings. The van der Waals surface area contributed by atoms with E-state index >= 15 is 0 Å². The van der Waals surface area contributed by atoms with Gasteiger partial charge in [0.15, 0.2) is 0 Å². The van der Waals surface area contributed by atoms with Gasteiger partial charge >= 0.3 is 0 Å². The molecule has 1 fully saturated rings. The fraction of sp³-hybridized carbons (Fsp3) is 0.588. The first-order chi connectivity index (χ1) is 9.63. The average Bonchev–Trinajstić information content (AvgIpc) is 3.18. The van der Waals surface area contributed by atoms with Crippen molar-refractivity contribution >= 4 is 5.91 Å². The minimum absolute atomic E-state index is 0.0433. The number of nitrogens with zero attached hydrogens (tertiary/aromatic N) is 1. The maximum absolute atomic E-state index is 13.3. The number of benzene rings is 1. The van der Waals surface area contributed by atoms with Crippen LogP contribution in [0.4, 0.5) is 4.39 Å². The van der Waals surface area contributed by atoms with Crippen LogP contribution in [0.3, 0.4) is 0 Å². The smallest absolute Gasteiger partial charge is 0.230 e. The van der Waals surface area contributed by atoms with Crippen molar-refractivity contribution in [1.29, 1.82) is 0 Å². The van der Waals surface area contributed by atoms with Crippen molar-refractivity contribution in [2.24, 2.45) is 11.1 Å². The summed E-state index contributed by atoms with van der Waals surface area (Å²) < 4.78 is 13.3. The lowest BCUT2D eigenvalue weighted by Gasteiger charge is -2.41. The normalized spacial score (nSPS) is 15.9. The predicted octanol–water partition coefficient (Wildman–Crippen LogP) is 3.08. The molecule has 0 heterocycles. The van der Waals surface area contributed by atoms with Crippen molar-refractivity contribution in [2.45, 2.75) is 58.7 Å². The highest BCUT2D eigenvalue weighted by molar-refractivity contribution is 5.84. The summed E-state index contributed by atoms with van der Waals surface area (Å²) in [4.78, 5) is 14.8. The number of hydrogen-bond donors (Lipinski definition) is 1. The topological polar surface area (TPSA) is 46.3 Å². The first-order valence-electron chi connectivity index (χ1n) is 7.47. The lowest BCUT2D eigenvalue weighted by molar-refractivity contribution is -0.144. The van der Waals surface area contributed by atoms with Crippen molar-refractivity contribution in [3.63, 3.8) is 0 Å². The zero-order valence-corrected chi connectivity index (χ0v) is 13.3. The van der Waals surface area contributed by atoms with E-state index in [1.807, 2.05) is 38.7 Å². The van der Waals surface area contributed by atoms with Crippen LogP contribution < -0.4 is 5.73 Å². The summed E-state index contributed by atoms with van der Waals surface area (Å²) in [5.74, 6) is -0.226. The van der Waals surface area contributed by atoms with Gasteiger partial charge in [0.25, 0.3) is 0 Å². The molecule has 1 amide bonds. The van der Waals surface area contributed by atoms with Crippen molar-refractivity contribution < 1.29 is 9.18 Å². The Morgan fingerprint density at radius 1 is 1.33 bits per heavy atom. The van der Waals surface area contributed by atoms with Crippen molar-refractivity contribution in [3.05, 3.63) is 35.6 Å². The van der Waals surface area contributed by atoms with Crippen LogP contribution in [0.1, 0.15) is 46.1 Å². The number of carbonyl (C=O) groups is 1. The lowest BCUT2D eigenvalue weighted by Crippen LogP contribution is -2.56. The maximum Gasteiger partial charge on any atom is 0.230 e. The van der Waals surface area contributed by atoms with Gasteiger partial charge in [-0.3, -0.25) is 4.79 Å². The van der Waals surface area contributed by atoms with Crippen LogP contribution in [-0.4, -0.2) is 22.4 Å². The van der Waals surface area contributed by atoms with E-state index in [2.05, 4.69) is 0 Å². The molecule has 0 atom stereocenters. The third kappa shape index (κ3) is 3.43. The van der Waals surface area contributed by atoms with Crippen LogP contribution in [-0.2, 0) is 11.3 Å². The second-order valence-electron chi connectivity index (χ2n) is 7.14. The third-order valence-electron chi connectivity index (χ3n) is 4.64. The Morgan fingerprint density at radius 3 is 2.43 bits per heavy atom. The Kier molecular flexibility index (Phi) is 4.11. The number of halogens is 1. The van der Waals surface area contributed by atoms with Gasteiger partial charge in [-0.05, 0) is 58.2 Å². The molecule has 21 heavy (non-hydrogen) atoms. The molecular weight excluding hydrogens is 267 g/mol. The number of carbonyl (C=O) groups excluding carboxylic acids is 1. The number of amides is 1. The molecule has 0 spiro atoms. The van der Waals surface area contributed by atoms with Gasteiger partial charge in [0.1, 0.15) is 5.82 Å².